The molecule has 0 saturated heterocycles. The van der Waals surface area contributed by atoms with Gasteiger partial charge in [0.1, 0.15) is 18.1 Å². The van der Waals surface area contributed by atoms with E-state index in [0.29, 0.717) is 0 Å². The summed E-state index contributed by atoms with van der Waals surface area (Å²) in [6, 6.07) is 6.42. The van der Waals surface area contributed by atoms with Crippen molar-refractivity contribution in [2.45, 2.75) is 13.8 Å². The number of imidazole rings is 3. The monoisotopic (exact) mass is 306 g/mol. The standard InChI is InChI=1S/C18H20N5/c1-13-6-5-7-14(2)16(13)23-11-10-20(3)17(23)15-12-22-9-8-19-18(22)21(15)4/h5-12H,1-4H3/q+1. The average molecular weight is 306 g/mol. The van der Waals surface area contributed by atoms with E-state index in [0.717, 1.165) is 17.3 Å². The number of aromatic nitrogens is 5. The lowest BCUT2D eigenvalue weighted by Gasteiger charge is -2.08. The molecule has 0 bridgehead atoms. The molecule has 0 fully saturated rings. The Morgan fingerprint density at radius 2 is 1.83 bits per heavy atom. The highest BCUT2D eigenvalue weighted by molar-refractivity contribution is 5.58. The van der Waals surface area contributed by atoms with Gasteiger partial charge in [0.15, 0.2) is 5.69 Å². The summed E-state index contributed by atoms with van der Waals surface area (Å²) in [5.41, 5.74) is 4.90. The fourth-order valence-electron chi connectivity index (χ4n) is 3.35. The van der Waals surface area contributed by atoms with Gasteiger partial charge < -0.3 is 4.57 Å². The van der Waals surface area contributed by atoms with E-state index in [1.54, 1.807) is 0 Å². The zero-order chi connectivity index (χ0) is 16.1. The van der Waals surface area contributed by atoms with Gasteiger partial charge in [0.25, 0.3) is 0 Å². The molecule has 4 aromatic rings. The van der Waals surface area contributed by atoms with Crippen LogP contribution in [0.3, 0.4) is 0 Å². The van der Waals surface area contributed by atoms with Gasteiger partial charge in [-0.05, 0) is 25.0 Å². The van der Waals surface area contributed by atoms with Crippen LogP contribution in [0.5, 0.6) is 0 Å². The molecule has 0 atom stereocenters. The van der Waals surface area contributed by atoms with Crippen LogP contribution in [0.1, 0.15) is 11.1 Å². The first kappa shape index (κ1) is 13.8. The van der Waals surface area contributed by atoms with Crippen LogP contribution in [0.25, 0.3) is 23.0 Å². The molecule has 5 heteroatoms. The molecule has 116 valence electrons. The number of hydrogen-bond acceptors (Lipinski definition) is 1. The highest BCUT2D eigenvalue weighted by Gasteiger charge is 2.25. The van der Waals surface area contributed by atoms with Gasteiger partial charge in [-0.1, -0.05) is 18.2 Å². The lowest BCUT2D eigenvalue weighted by atomic mass is 10.1. The molecule has 23 heavy (non-hydrogen) atoms. The fraction of sp³-hybridized carbons (Fsp3) is 0.222. The van der Waals surface area contributed by atoms with Crippen molar-refractivity contribution in [1.82, 2.24) is 18.5 Å². The predicted molar refractivity (Wildman–Crippen MR) is 89.6 cm³/mol. The average Bonchev–Trinajstić information content (AvgIpc) is 3.17. The van der Waals surface area contributed by atoms with Crippen LogP contribution in [0.15, 0.2) is 49.2 Å². The number of para-hydroxylation sites is 1. The van der Waals surface area contributed by atoms with Crippen molar-refractivity contribution >= 4 is 5.78 Å². The van der Waals surface area contributed by atoms with Crippen molar-refractivity contribution in [3.63, 3.8) is 0 Å². The summed E-state index contributed by atoms with van der Waals surface area (Å²) in [5.74, 6) is 2.07. The summed E-state index contributed by atoms with van der Waals surface area (Å²) in [4.78, 5) is 4.42. The second kappa shape index (κ2) is 4.84. The van der Waals surface area contributed by atoms with E-state index in [1.807, 2.05) is 12.4 Å². The van der Waals surface area contributed by atoms with E-state index in [9.17, 15) is 0 Å². The van der Waals surface area contributed by atoms with E-state index < -0.39 is 0 Å². The summed E-state index contributed by atoms with van der Waals surface area (Å²) in [7, 11) is 4.13. The maximum absolute atomic E-state index is 4.42. The summed E-state index contributed by atoms with van der Waals surface area (Å²) >= 11 is 0. The summed E-state index contributed by atoms with van der Waals surface area (Å²) in [5, 5.41) is 0. The van der Waals surface area contributed by atoms with E-state index in [-0.39, 0.29) is 0 Å². The molecule has 0 aliphatic carbocycles. The molecule has 3 aromatic heterocycles. The maximum Gasteiger partial charge on any atom is 0.312 e. The normalized spacial score (nSPS) is 11.5. The number of rotatable bonds is 2. The van der Waals surface area contributed by atoms with Crippen molar-refractivity contribution in [2.75, 3.05) is 0 Å². The topological polar surface area (TPSA) is 31.0 Å². The molecule has 0 radical (unpaired) electrons. The highest BCUT2D eigenvalue weighted by atomic mass is 15.2. The second-order valence-corrected chi connectivity index (χ2v) is 6.05. The molecule has 0 amide bonds. The molecule has 5 nitrogen and oxygen atoms in total. The Balaban J connectivity index is 2.02. The van der Waals surface area contributed by atoms with Gasteiger partial charge in [-0.3, -0.25) is 4.40 Å². The van der Waals surface area contributed by atoms with E-state index >= 15 is 0 Å². The summed E-state index contributed by atoms with van der Waals surface area (Å²) < 4.78 is 8.59. The number of aryl methyl sites for hydroxylation is 4. The Kier molecular flexibility index (Phi) is 2.91. The molecular weight excluding hydrogens is 286 g/mol. The SMILES string of the molecule is Cc1cccc(C)c1-n1cc[n+](C)c1-c1cn2ccnc2n1C. The van der Waals surface area contributed by atoms with Crippen LogP contribution in [0.2, 0.25) is 0 Å². The fourth-order valence-corrected chi connectivity index (χ4v) is 3.35. The molecule has 1 aromatic carbocycles. The Labute approximate surface area is 135 Å². The van der Waals surface area contributed by atoms with Crippen molar-refractivity contribution in [2.24, 2.45) is 14.1 Å². The van der Waals surface area contributed by atoms with Crippen molar-refractivity contribution in [3.05, 3.63) is 60.3 Å². The first-order chi connectivity index (χ1) is 11.1. The van der Waals surface area contributed by atoms with Gasteiger partial charge in [-0.2, -0.15) is 4.57 Å². The molecule has 4 rings (SSSR count). The molecular formula is C18H20N5+. The third kappa shape index (κ3) is 1.93. The number of benzene rings is 1. The molecule has 0 unspecified atom stereocenters. The van der Waals surface area contributed by atoms with Crippen molar-refractivity contribution in [1.29, 1.82) is 0 Å². The quantitative estimate of drug-likeness (QED) is 0.524. The predicted octanol–water partition coefficient (Wildman–Crippen LogP) is 2.57. The minimum Gasteiger partial charge on any atom is -0.306 e. The lowest BCUT2D eigenvalue weighted by molar-refractivity contribution is -0.659. The van der Waals surface area contributed by atoms with E-state index in [4.69, 9.17) is 0 Å². The lowest BCUT2D eigenvalue weighted by Crippen LogP contribution is -2.29. The van der Waals surface area contributed by atoms with Gasteiger partial charge in [-0.15, -0.1) is 0 Å². The molecule has 0 spiro atoms. The van der Waals surface area contributed by atoms with Crippen LogP contribution in [0, 0.1) is 13.8 Å². The van der Waals surface area contributed by atoms with Crippen LogP contribution >= 0.6 is 0 Å². The van der Waals surface area contributed by atoms with Gasteiger partial charge >= 0.3 is 5.82 Å². The number of hydrogen-bond donors (Lipinski definition) is 0. The first-order valence-corrected chi connectivity index (χ1v) is 7.70. The Morgan fingerprint density at radius 3 is 2.52 bits per heavy atom. The maximum atomic E-state index is 4.42. The van der Waals surface area contributed by atoms with Crippen LogP contribution < -0.4 is 4.57 Å². The number of nitrogens with zero attached hydrogens (tertiary/aromatic N) is 5. The first-order valence-electron chi connectivity index (χ1n) is 7.70. The Bertz CT molecular complexity index is 995. The summed E-state index contributed by atoms with van der Waals surface area (Å²) in [6.45, 7) is 4.31. The minimum atomic E-state index is 0.939. The second-order valence-electron chi connectivity index (χ2n) is 6.05. The zero-order valence-corrected chi connectivity index (χ0v) is 13.9. The van der Waals surface area contributed by atoms with Crippen LogP contribution in [-0.4, -0.2) is 18.5 Å². The smallest absolute Gasteiger partial charge is 0.306 e. The van der Waals surface area contributed by atoms with Crippen LogP contribution in [0.4, 0.5) is 0 Å². The third-order valence-corrected chi connectivity index (χ3v) is 4.48. The number of fused-ring (bicyclic) bond motifs is 1. The molecule has 0 aliphatic rings. The molecule has 0 N–H and O–H groups in total. The summed E-state index contributed by atoms with van der Waals surface area (Å²) in [6.07, 6.45) is 10.1. The van der Waals surface area contributed by atoms with Gasteiger partial charge in [0.05, 0.1) is 7.05 Å². The van der Waals surface area contributed by atoms with E-state index in [1.165, 1.54) is 16.8 Å². The van der Waals surface area contributed by atoms with Gasteiger partial charge in [0, 0.05) is 25.6 Å². The highest BCUT2D eigenvalue weighted by Crippen LogP contribution is 2.25. The van der Waals surface area contributed by atoms with Gasteiger partial charge in [-0.25, -0.2) is 9.55 Å². The molecule has 3 heterocycles. The Hall–Kier alpha value is -2.82. The van der Waals surface area contributed by atoms with Crippen LogP contribution in [-0.2, 0) is 14.1 Å². The largest absolute Gasteiger partial charge is 0.312 e. The van der Waals surface area contributed by atoms with Gasteiger partial charge in [0.2, 0.25) is 5.78 Å². The van der Waals surface area contributed by atoms with Crippen molar-refractivity contribution in [3.8, 4) is 17.2 Å². The zero-order valence-electron chi connectivity index (χ0n) is 13.9. The minimum absolute atomic E-state index is 0.939. The van der Waals surface area contributed by atoms with E-state index in [2.05, 4.69) is 87.8 Å². The molecule has 0 saturated carbocycles. The third-order valence-electron chi connectivity index (χ3n) is 4.48. The molecule has 0 aliphatic heterocycles. The Morgan fingerprint density at radius 1 is 1.09 bits per heavy atom. The van der Waals surface area contributed by atoms with Crippen molar-refractivity contribution < 1.29 is 4.57 Å².